The fourth-order valence-electron chi connectivity index (χ4n) is 2.87. The van der Waals surface area contributed by atoms with Crippen LogP contribution in [0.4, 0.5) is 0 Å². The maximum atomic E-state index is 5.92. The number of halogens is 3. The Bertz CT molecular complexity index is 462. The second-order valence-corrected chi connectivity index (χ2v) is 10.6. The average molecular weight is 809 g/mol. The van der Waals surface area contributed by atoms with Crippen LogP contribution in [0, 0.1) is 0 Å². The lowest BCUT2D eigenvalue weighted by Gasteiger charge is -2.18. The van der Waals surface area contributed by atoms with E-state index in [9.17, 15) is 0 Å². The van der Waals surface area contributed by atoms with Gasteiger partial charge in [-0.3, -0.25) is 0 Å². The summed E-state index contributed by atoms with van der Waals surface area (Å²) in [6, 6.07) is 0. The predicted molar refractivity (Wildman–Crippen MR) is 170 cm³/mol. The van der Waals surface area contributed by atoms with Crippen LogP contribution < -0.4 is 0 Å². The van der Waals surface area contributed by atoms with E-state index in [0.717, 1.165) is 16.0 Å². The molecule has 12 nitrogen and oxygen atoms in total. The lowest BCUT2D eigenvalue weighted by atomic mass is 10.4. The number of hydrogen-bond acceptors (Lipinski definition) is 12. The van der Waals surface area contributed by atoms with E-state index < -0.39 is 0 Å². The molecule has 0 saturated carbocycles. The molecule has 0 spiro atoms. The Morgan fingerprint density at radius 2 is 0.476 bits per heavy atom. The van der Waals surface area contributed by atoms with Gasteiger partial charge in [0.2, 0.25) is 0 Å². The van der Waals surface area contributed by atoms with E-state index >= 15 is 0 Å². The van der Waals surface area contributed by atoms with E-state index in [-0.39, 0.29) is 6.10 Å². The van der Waals surface area contributed by atoms with Gasteiger partial charge in [0.15, 0.2) is 0 Å². The third-order valence-electron chi connectivity index (χ3n) is 4.83. The van der Waals surface area contributed by atoms with Crippen molar-refractivity contribution >= 4 is 47.8 Å². The Labute approximate surface area is 277 Å². The summed E-state index contributed by atoms with van der Waals surface area (Å²) in [5.41, 5.74) is 0. The monoisotopic (exact) mass is 806 g/mol. The summed E-state index contributed by atoms with van der Waals surface area (Å²) in [4.78, 5) is 0. The highest BCUT2D eigenvalue weighted by atomic mass is 79.9. The van der Waals surface area contributed by atoms with Crippen molar-refractivity contribution in [2.75, 3.05) is 168 Å². The lowest BCUT2D eigenvalue weighted by molar-refractivity contribution is -0.0873. The number of hydrogen-bond donors (Lipinski definition) is 0. The molecular weight excluding hydrogens is 756 g/mol. The topological polar surface area (TPSA) is 111 Å². The Balaban J connectivity index is 3.89. The van der Waals surface area contributed by atoms with E-state index in [4.69, 9.17) is 56.8 Å². The van der Waals surface area contributed by atoms with Gasteiger partial charge in [-0.05, 0) is 0 Å². The predicted octanol–water partition coefficient (Wildman–Crippen LogP) is 2.74. The summed E-state index contributed by atoms with van der Waals surface area (Å²) >= 11 is 9.94. The Kier molecular flexibility index (Phi) is 40.9. The third-order valence-corrected chi connectivity index (χ3v) is 5.80. The molecule has 0 aliphatic heterocycles. The highest BCUT2D eigenvalue weighted by Gasteiger charge is 2.10. The van der Waals surface area contributed by atoms with Crippen molar-refractivity contribution in [3.63, 3.8) is 0 Å². The van der Waals surface area contributed by atoms with Crippen molar-refractivity contribution in [3.8, 4) is 0 Å². The van der Waals surface area contributed by atoms with Crippen LogP contribution in [0.5, 0.6) is 0 Å². The molecule has 0 rings (SSSR count). The molecule has 0 amide bonds. The van der Waals surface area contributed by atoms with E-state index in [1.54, 1.807) is 0 Å². The van der Waals surface area contributed by atoms with Crippen LogP contribution in [0.1, 0.15) is 0 Å². The molecule has 254 valence electrons. The normalized spacial score (nSPS) is 11.7. The molecule has 0 bridgehead atoms. The van der Waals surface area contributed by atoms with Crippen molar-refractivity contribution in [3.05, 3.63) is 0 Å². The first-order chi connectivity index (χ1) is 20.8. The molecule has 0 aliphatic rings. The molecule has 0 radical (unpaired) electrons. The summed E-state index contributed by atoms with van der Waals surface area (Å²) in [5, 5.41) is 2.47. The second-order valence-electron chi connectivity index (χ2n) is 8.22. The summed E-state index contributed by atoms with van der Waals surface area (Å²) in [6.07, 6.45) is -0.234. The smallest absolute Gasteiger partial charge is 0.104 e. The van der Waals surface area contributed by atoms with Gasteiger partial charge >= 0.3 is 0 Å². The quantitative estimate of drug-likeness (QED) is 0.0677. The van der Waals surface area contributed by atoms with Crippen LogP contribution in [0.2, 0.25) is 0 Å². The molecule has 0 heterocycles. The van der Waals surface area contributed by atoms with Crippen LogP contribution in [0.3, 0.4) is 0 Å². The zero-order valence-corrected chi connectivity index (χ0v) is 29.8. The molecular formula is C27H53Br3O12. The van der Waals surface area contributed by atoms with Gasteiger partial charge in [0, 0.05) is 16.0 Å². The van der Waals surface area contributed by atoms with Crippen LogP contribution in [0.25, 0.3) is 0 Å². The molecule has 15 heteroatoms. The van der Waals surface area contributed by atoms with Crippen LogP contribution >= 0.6 is 47.8 Å². The first-order valence-corrected chi connectivity index (χ1v) is 17.9. The minimum absolute atomic E-state index is 0.234. The van der Waals surface area contributed by atoms with Crippen molar-refractivity contribution in [2.45, 2.75) is 6.10 Å². The lowest BCUT2D eigenvalue weighted by Crippen LogP contribution is -2.29. The maximum absolute atomic E-state index is 5.92. The fourth-order valence-corrected chi connectivity index (χ4v) is 3.56. The Hall–Kier alpha value is 0.960. The molecule has 0 aromatic rings. The zero-order chi connectivity index (χ0) is 30.4. The number of rotatable bonds is 38. The van der Waals surface area contributed by atoms with Crippen molar-refractivity contribution in [1.29, 1.82) is 0 Å². The molecule has 42 heavy (non-hydrogen) atoms. The van der Waals surface area contributed by atoms with Gasteiger partial charge in [-0.15, -0.1) is 0 Å². The molecule has 0 saturated heterocycles. The first-order valence-electron chi connectivity index (χ1n) is 14.5. The summed E-state index contributed by atoms with van der Waals surface area (Å²) < 4.78 is 66.4. The molecule has 0 N–H and O–H groups in total. The SMILES string of the molecule is BrCCOCCOCCOCCOCC(COCCOCCOCCOCCBr)OCCOCCOCCOCCBr. The molecule has 0 aromatic carbocycles. The molecule has 0 fully saturated rings. The van der Waals surface area contributed by atoms with E-state index in [1.165, 1.54) is 0 Å². The number of ether oxygens (including phenoxy) is 12. The van der Waals surface area contributed by atoms with Crippen LogP contribution in [-0.2, 0) is 56.8 Å². The molecule has 0 aromatic heterocycles. The van der Waals surface area contributed by atoms with Gasteiger partial charge < -0.3 is 56.8 Å². The van der Waals surface area contributed by atoms with Gasteiger partial charge in [-0.2, -0.15) is 0 Å². The summed E-state index contributed by atoms with van der Waals surface area (Å²) in [6.45, 7) is 12.0. The Morgan fingerprint density at radius 1 is 0.262 bits per heavy atom. The van der Waals surface area contributed by atoms with Crippen LogP contribution in [-0.4, -0.2) is 174 Å². The van der Waals surface area contributed by atoms with Gasteiger partial charge in [0.1, 0.15) is 6.10 Å². The van der Waals surface area contributed by atoms with Crippen LogP contribution in [0.15, 0.2) is 0 Å². The molecule has 0 unspecified atom stereocenters. The van der Waals surface area contributed by atoms with Gasteiger partial charge in [-0.25, -0.2) is 0 Å². The largest absolute Gasteiger partial charge is 0.378 e. The van der Waals surface area contributed by atoms with E-state index in [0.29, 0.717) is 152 Å². The summed E-state index contributed by atoms with van der Waals surface area (Å²) in [5.74, 6) is 0. The van der Waals surface area contributed by atoms with E-state index in [1.807, 2.05) is 0 Å². The highest BCUT2D eigenvalue weighted by Crippen LogP contribution is 1.97. The number of alkyl halides is 3. The van der Waals surface area contributed by atoms with Gasteiger partial charge in [-0.1, -0.05) is 47.8 Å². The third kappa shape index (κ3) is 37.1. The molecule has 0 atom stereocenters. The second kappa shape index (κ2) is 40.0. The van der Waals surface area contributed by atoms with Gasteiger partial charge in [0.05, 0.1) is 152 Å². The minimum atomic E-state index is -0.234. The average Bonchev–Trinajstić information content (AvgIpc) is 3.00. The van der Waals surface area contributed by atoms with Gasteiger partial charge in [0.25, 0.3) is 0 Å². The maximum Gasteiger partial charge on any atom is 0.104 e. The highest BCUT2D eigenvalue weighted by molar-refractivity contribution is 9.09. The van der Waals surface area contributed by atoms with E-state index in [2.05, 4.69) is 47.8 Å². The molecule has 0 aliphatic carbocycles. The van der Waals surface area contributed by atoms with Crippen molar-refractivity contribution in [2.24, 2.45) is 0 Å². The van der Waals surface area contributed by atoms with Crippen molar-refractivity contribution < 1.29 is 56.8 Å². The van der Waals surface area contributed by atoms with Crippen molar-refractivity contribution in [1.82, 2.24) is 0 Å². The minimum Gasteiger partial charge on any atom is -0.378 e. The fraction of sp³-hybridized carbons (Fsp3) is 1.00. The summed E-state index contributed by atoms with van der Waals surface area (Å²) in [7, 11) is 0. The first kappa shape index (κ1) is 43.0. The standard InChI is InChI=1S/C27H53Br3O12/c28-1-4-31-7-10-34-13-15-37-19-21-40-25-27(42-24-23-39-18-17-36-12-9-33-6-3-30)26-41-22-20-38-16-14-35-11-8-32-5-2-29/h27H,1-26H2. The zero-order valence-electron chi connectivity index (χ0n) is 25.0. The Morgan fingerprint density at radius 3 is 0.738 bits per heavy atom.